The van der Waals surface area contributed by atoms with Crippen LogP contribution in [0.2, 0.25) is 0 Å². The van der Waals surface area contributed by atoms with E-state index in [9.17, 15) is 14.4 Å². The van der Waals surface area contributed by atoms with Crippen LogP contribution in [-0.4, -0.2) is 52.5 Å². The lowest BCUT2D eigenvalue weighted by Gasteiger charge is -2.38. The summed E-state index contributed by atoms with van der Waals surface area (Å²) in [7, 11) is 1.00. The van der Waals surface area contributed by atoms with E-state index in [0.29, 0.717) is 19.4 Å². The van der Waals surface area contributed by atoms with Gasteiger partial charge >= 0.3 is 5.97 Å². The van der Waals surface area contributed by atoms with Crippen molar-refractivity contribution in [3.63, 3.8) is 0 Å². The summed E-state index contributed by atoms with van der Waals surface area (Å²) in [6.45, 7) is 5.59. The number of likely N-dealkylation sites (tertiary alicyclic amines) is 1. The molecule has 0 radical (unpaired) electrons. The number of carbonyl (C=O) groups excluding carboxylic acids is 2. The molecule has 1 atom stereocenters. The van der Waals surface area contributed by atoms with Crippen molar-refractivity contribution in [1.82, 2.24) is 4.90 Å². The van der Waals surface area contributed by atoms with Crippen LogP contribution in [0.25, 0.3) is 0 Å². The van der Waals surface area contributed by atoms with E-state index in [-0.39, 0.29) is 0 Å². The predicted molar refractivity (Wildman–Crippen MR) is 65.0 cm³/mol. The molecule has 104 valence electrons. The van der Waals surface area contributed by atoms with Crippen molar-refractivity contribution >= 4 is 17.7 Å². The summed E-state index contributed by atoms with van der Waals surface area (Å²) in [5.74, 6) is -2.20. The fourth-order valence-electron chi connectivity index (χ4n) is 1.47. The number of ketones is 1. The molecule has 0 aromatic rings. The molecular weight excluding hydrogens is 238 g/mol. The summed E-state index contributed by atoms with van der Waals surface area (Å²) < 4.78 is 0. The van der Waals surface area contributed by atoms with Crippen LogP contribution in [0.4, 0.5) is 0 Å². The molecule has 1 heterocycles. The zero-order valence-corrected chi connectivity index (χ0v) is 11.3. The third-order valence-corrected chi connectivity index (χ3v) is 3.26. The minimum absolute atomic E-state index is 0.362. The molecule has 0 saturated carbocycles. The van der Waals surface area contributed by atoms with Crippen molar-refractivity contribution < 1.29 is 24.6 Å². The number of nitrogens with zero attached hydrogens (tertiary/aromatic N) is 1. The van der Waals surface area contributed by atoms with Crippen LogP contribution in [0.3, 0.4) is 0 Å². The van der Waals surface area contributed by atoms with Gasteiger partial charge in [-0.3, -0.25) is 9.59 Å². The highest BCUT2D eigenvalue weighted by molar-refractivity contribution is 6.38. The second kappa shape index (κ2) is 6.49. The highest BCUT2D eigenvalue weighted by Crippen LogP contribution is 2.25. The minimum Gasteiger partial charge on any atom is -0.480 e. The van der Waals surface area contributed by atoms with E-state index in [2.05, 4.69) is 0 Å². The molecular formula is C12H21NO5. The zero-order chi connectivity index (χ0) is 14.5. The first-order chi connectivity index (χ1) is 8.31. The van der Waals surface area contributed by atoms with E-state index >= 15 is 0 Å². The van der Waals surface area contributed by atoms with E-state index in [4.69, 9.17) is 10.2 Å². The third kappa shape index (κ3) is 3.29. The summed E-state index contributed by atoms with van der Waals surface area (Å²) >= 11 is 0. The fourth-order valence-corrected chi connectivity index (χ4v) is 1.47. The van der Waals surface area contributed by atoms with Gasteiger partial charge in [0.15, 0.2) is 0 Å². The standard InChI is InChI=1S/C11H17NO4.CH4O/c1-4-11(2,3)8(13)9(14)12-6-5-7(12)10(15)16;1-2/h7H,4-6H2,1-3H3,(H,15,16);2H,1H3. The molecule has 0 bridgehead atoms. The lowest BCUT2D eigenvalue weighted by molar-refractivity contribution is -0.162. The number of aliphatic carboxylic acids is 1. The average molecular weight is 259 g/mol. The molecule has 6 nitrogen and oxygen atoms in total. The number of carbonyl (C=O) groups is 3. The summed E-state index contributed by atoms with van der Waals surface area (Å²) in [5, 5.41) is 15.8. The first-order valence-corrected chi connectivity index (χ1v) is 5.84. The zero-order valence-electron chi connectivity index (χ0n) is 11.3. The van der Waals surface area contributed by atoms with E-state index in [1.54, 1.807) is 13.8 Å². The van der Waals surface area contributed by atoms with Gasteiger partial charge in [0.05, 0.1) is 0 Å². The molecule has 6 heteroatoms. The van der Waals surface area contributed by atoms with E-state index in [1.807, 2.05) is 6.92 Å². The molecule has 1 unspecified atom stereocenters. The van der Waals surface area contributed by atoms with E-state index < -0.39 is 29.1 Å². The smallest absolute Gasteiger partial charge is 0.326 e. The summed E-state index contributed by atoms with van der Waals surface area (Å²) in [4.78, 5) is 35.4. The molecule has 1 saturated heterocycles. The molecule has 0 aromatic carbocycles. The van der Waals surface area contributed by atoms with Gasteiger partial charge in [-0.15, -0.1) is 0 Å². The van der Waals surface area contributed by atoms with Crippen molar-refractivity contribution in [2.45, 2.75) is 39.7 Å². The fraction of sp³-hybridized carbons (Fsp3) is 0.750. The molecule has 1 amide bonds. The molecule has 1 aliphatic heterocycles. The van der Waals surface area contributed by atoms with Crippen LogP contribution in [0, 0.1) is 5.41 Å². The first kappa shape index (κ1) is 16.6. The topological polar surface area (TPSA) is 94.9 Å². The van der Waals surface area contributed by atoms with Crippen LogP contribution < -0.4 is 0 Å². The number of carboxylic acids is 1. The maximum atomic E-state index is 11.8. The molecule has 2 N–H and O–H groups in total. The Morgan fingerprint density at radius 2 is 1.78 bits per heavy atom. The number of amides is 1. The Morgan fingerprint density at radius 1 is 1.28 bits per heavy atom. The second-order valence-electron chi connectivity index (χ2n) is 4.71. The van der Waals surface area contributed by atoms with Crippen molar-refractivity contribution in [1.29, 1.82) is 0 Å². The van der Waals surface area contributed by atoms with Gasteiger partial charge in [0.25, 0.3) is 5.91 Å². The minimum atomic E-state index is -1.04. The predicted octanol–water partition coefficient (Wildman–Crippen LogP) is 0.286. The maximum Gasteiger partial charge on any atom is 0.326 e. The lowest BCUT2D eigenvalue weighted by Crippen LogP contribution is -2.58. The normalized spacial score (nSPS) is 18.3. The quantitative estimate of drug-likeness (QED) is 0.707. The van der Waals surface area contributed by atoms with E-state index in [0.717, 1.165) is 12.0 Å². The molecule has 18 heavy (non-hydrogen) atoms. The highest BCUT2D eigenvalue weighted by Gasteiger charge is 2.43. The van der Waals surface area contributed by atoms with Gasteiger partial charge in [0, 0.05) is 19.1 Å². The number of rotatable bonds is 4. The lowest BCUT2D eigenvalue weighted by atomic mass is 9.84. The Kier molecular flexibility index (Phi) is 5.97. The second-order valence-corrected chi connectivity index (χ2v) is 4.71. The molecule has 1 rings (SSSR count). The highest BCUT2D eigenvalue weighted by atomic mass is 16.4. The van der Waals surface area contributed by atoms with Crippen molar-refractivity contribution in [2.75, 3.05) is 13.7 Å². The number of aliphatic hydroxyl groups excluding tert-OH is 1. The Balaban J connectivity index is 0.00000137. The van der Waals surface area contributed by atoms with Gasteiger partial charge in [-0.1, -0.05) is 20.8 Å². The Morgan fingerprint density at radius 3 is 2.06 bits per heavy atom. The van der Waals surface area contributed by atoms with Crippen LogP contribution in [0.5, 0.6) is 0 Å². The SMILES string of the molecule is CCC(C)(C)C(=O)C(=O)N1CCC1C(=O)O.CO. The molecule has 1 aliphatic rings. The van der Waals surface area contributed by atoms with Gasteiger partial charge in [-0.2, -0.15) is 0 Å². The number of Topliss-reactive ketones (excluding diaryl/α,β-unsaturated/α-hetero) is 1. The number of carboxylic acid groups (broad SMARTS) is 1. The van der Waals surface area contributed by atoms with Crippen molar-refractivity contribution in [3.05, 3.63) is 0 Å². The van der Waals surface area contributed by atoms with Crippen LogP contribution in [-0.2, 0) is 14.4 Å². The Labute approximate surface area is 107 Å². The van der Waals surface area contributed by atoms with Gasteiger partial charge in [-0.05, 0) is 12.8 Å². The molecule has 0 spiro atoms. The van der Waals surface area contributed by atoms with E-state index in [1.165, 1.54) is 0 Å². The summed E-state index contributed by atoms with van der Waals surface area (Å²) in [5.41, 5.74) is -0.713. The molecule has 0 aromatic heterocycles. The van der Waals surface area contributed by atoms with Gasteiger partial charge in [0.1, 0.15) is 6.04 Å². The number of aliphatic hydroxyl groups is 1. The largest absolute Gasteiger partial charge is 0.480 e. The molecule has 0 aliphatic carbocycles. The number of hydrogen-bond donors (Lipinski definition) is 2. The van der Waals surface area contributed by atoms with Crippen LogP contribution >= 0.6 is 0 Å². The molecule has 1 fully saturated rings. The maximum absolute atomic E-state index is 11.8. The van der Waals surface area contributed by atoms with Gasteiger partial charge < -0.3 is 15.1 Å². The first-order valence-electron chi connectivity index (χ1n) is 5.84. The number of hydrogen-bond acceptors (Lipinski definition) is 4. The summed E-state index contributed by atoms with van der Waals surface area (Å²) in [6, 6.07) is -0.816. The monoisotopic (exact) mass is 259 g/mol. The van der Waals surface area contributed by atoms with Crippen LogP contribution in [0.15, 0.2) is 0 Å². The van der Waals surface area contributed by atoms with Crippen molar-refractivity contribution in [3.8, 4) is 0 Å². The third-order valence-electron chi connectivity index (χ3n) is 3.26. The van der Waals surface area contributed by atoms with Gasteiger partial charge in [0.2, 0.25) is 5.78 Å². The summed E-state index contributed by atoms with van der Waals surface area (Å²) in [6.07, 6.45) is 0.990. The average Bonchev–Trinajstić information content (AvgIpc) is 2.28. The van der Waals surface area contributed by atoms with Gasteiger partial charge in [-0.25, -0.2) is 4.79 Å². The van der Waals surface area contributed by atoms with Crippen molar-refractivity contribution in [2.24, 2.45) is 5.41 Å². The van der Waals surface area contributed by atoms with Crippen LogP contribution in [0.1, 0.15) is 33.6 Å². The Hall–Kier alpha value is -1.43. The Bertz CT molecular complexity index is 337.